The van der Waals surface area contributed by atoms with Crippen LogP contribution in [0.2, 0.25) is 0 Å². The molecular formula is C22H23N5O3S. The van der Waals surface area contributed by atoms with E-state index in [9.17, 15) is 9.59 Å². The minimum Gasteiger partial charge on any atom is -0.459 e. The summed E-state index contributed by atoms with van der Waals surface area (Å²) in [6.45, 7) is 3.03. The smallest absolute Gasteiger partial charge is 0.309 e. The molecule has 8 nitrogen and oxygen atoms in total. The molecule has 2 aromatic heterocycles. The predicted molar refractivity (Wildman–Crippen MR) is 118 cm³/mol. The molecule has 0 N–H and O–H groups in total. The Labute approximate surface area is 184 Å². The second-order valence-corrected chi connectivity index (χ2v) is 8.07. The van der Waals surface area contributed by atoms with E-state index < -0.39 is 0 Å². The summed E-state index contributed by atoms with van der Waals surface area (Å²) in [6.07, 6.45) is 4.84. The molecule has 0 unspecified atom stereocenters. The number of nitrogens with zero attached hydrogens (tertiary/aromatic N) is 5. The second-order valence-electron chi connectivity index (χ2n) is 7.23. The molecule has 0 bridgehead atoms. The number of carbonyl (C=O) groups is 2. The van der Waals surface area contributed by atoms with Crippen LogP contribution in [0.1, 0.15) is 25.5 Å². The Kier molecular flexibility index (Phi) is 6.51. The van der Waals surface area contributed by atoms with E-state index in [0.717, 1.165) is 18.8 Å². The van der Waals surface area contributed by atoms with Crippen molar-refractivity contribution in [3.8, 4) is 0 Å². The molecular weight excluding hydrogens is 414 g/mol. The first-order chi connectivity index (χ1) is 15.1. The Bertz CT molecular complexity index is 1020. The summed E-state index contributed by atoms with van der Waals surface area (Å²) in [5.74, 6) is 0.210. The summed E-state index contributed by atoms with van der Waals surface area (Å²) in [5, 5.41) is 2.37. The third-order valence-corrected chi connectivity index (χ3v) is 5.96. The standard InChI is InChI=1S/C22H23N5O3S/c1-16(28)27(19-6-3-2-4-7-19)22-25-18(15-31-22)14-30-20(29)17-8-12-26(13-9-17)21-23-10-5-11-24-21/h2-7,10-11,15,17H,8-9,12-14H2,1H3. The summed E-state index contributed by atoms with van der Waals surface area (Å²) in [6, 6.07) is 11.1. The van der Waals surface area contributed by atoms with Crippen LogP contribution in [-0.4, -0.2) is 39.9 Å². The monoisotopic (exact) mass is 437 g/mol. The third-order valence-electron chi connectivity index (χ3n) is 5.09. The van der Waals surface area contributed by atoms with E-state index >= 15 is 0 Å². The molecule has 4 rings (SSSR count). The van der Waals surface area contributed by atoms with Crippen molar-refractivity contribution in [2.24, 2.45) is 5.92 Å². The zero-order chi connectivity index (χ0) is 21.6. The molecule has 0 radical (unpaired) electrons. The van der Waals surface area contributed by atoms with Gasteiger partial charge in [-0.3, -0.25) is 14.5 Å². The van der Waals surface area contributed by atoms with Gasteiger partial charge in [-0.1, -0.05) is 18.2 Å². The quantitative estimate of drug-likeness (QED) is 0.545. The predicted octanol–water partition coefficient (Wildman–Crippen LogP) is 3.58. The summed E-state index contributed by atoms with van der Waals surface area (Å²) in [7, 11) is 0. The van der Waals surface area contributed by atoms with E-state index in [1.165, 1.54) is 18.3 Å². The normalized spacial score (nSPS) is 14.3. The summed E-state index contributed by atoms with van der Waals surface area (Å²) in [4.78, 5) is 41.3. The number of rotatable bonds is 6. The first-order valence-electron chi connectivity index (χ1n) is 10.1. The van der Waals surface area contributed by atoms with Gasteiger partial charge in [0.1, 0.15) is 6.61 Å². The Morgan fingerprint density at radius 3 is 2.52 bits per heavy atom. The molecule has 1 saturated heterocycles. The van der Waals surface area contributed by atoms with Crippen LogP contribution in [0.3, 0.4) is 0 Å². The van der Waals surface area contributed by atoms with Gasteiger partial charge in [-0.2, -0.15) is 0 Å². The second kappa shape index (κ2) is 9.65. The minimum absolute atomic E-state index is 0.0951. The number of hydrogen-bond donors (Lipinski definition) is 0. The zero-order valence-electron chi connectivity index (χ0n) is 17.2. The van der Waals surface area contributed by atoms with Gasteiger partial charge in [-0.15, -0.1) is 11.3 Å². The Hall–Kier alpha value is -3.33. The molecule has 3 aromatic rings. The van der Waals surface area contributed by atoms with Crippen LogP contribution in [0.5, 0.6) is 0 Å². The van der Waals surface area contributed by atoms with Crippen molar-refractivity contribution in [1.82, 2.24) is 15.0 Å². The molecule has 1 fully saturated rings. The van der Waals surface area contributed by atoms with Crippen molar-refractivity contribution < 1.29 is 14.3 Å². The summed E-state index contributed by atoms with van der Waals surface area (Å²) >= 11 is 1.35. The maximum atomic E-state index is 12.5. The van der Waals surface area contributed by atoms with Gasteiger partial charge in [0.25, 0.3) is 0 Å². The average Bonchev–Trinajstić information content (AvgIpc) is 3.27. The van der Waals surface area contributed by atoms with Crippen LogP contribution in [0.4, 0.5) is 16.8 Å². The fourth-order valence-electron chi connectivity index (χ4n) is 3.50. The topological polar surface area (TPSA) is 88.5 Å². The lowest BCUT2D eigenvalue weighted by atomic mass is 9.97. The molecule has 160 valence electrons. The van der Waals surface area contributed by atoms with Crippen LogP contribution >= 0.6 is 11.3 Å². The van der Waals surface area contributed by atoms with Crippen LogP contribution in [-0.2, 0) is 20.9 Å². The highest BCUT2D eigenvalue weighted by molar-refractivity contribution is 7.14. The number of hydrogen-bond acceptors (Lipinski definition) is 8. The first kappa shape index (κ1) is 20.9. The Balaban J connectivity index is 1.31. The molecule has 31 heavy (non-hydrogen) atoms. The minimum atomic E-state index is -0.213. The van der Waals surface area contributed by atoms with Gasteiger partial charge in [-0.05, 0) is 31.0 Å². The molecule has 0 atom stereocenters. The average molecular weight is 438 g/mol. The van der Waals surface area contributed by atoms with Crippen LogP contribution < -0.4 is 9.80 Å². The van der Waals surface area contributed by atoms with Gasteiger partial charge in [0, 0.05) is 37.8 Å². The van der Waals surface area contributed by atoms with E-state index in [2.05, 4.69) is 19.9 Å². The number of thiazole rings is 1. The molecule has 1 aromatic carbocycles. The van der Waals surface area contributed by atoms with E-state index in [4.69, 9.17) is 4.74 Å². The van der Waals surface area contributed by atoms with Crippen molar-refractivity contribution in [2.45, 2.75) is 26.4 Å². The zero-order valence-corrected chi connectivity index (χ0v) is 18.0. The van der Waals surface area contributed by atoms with Crippen molar-refractivity contribution >= 4 is 40.0 Å². The van der Waals surface area contributed by atoms with Crippen LogP contribution in [0.25, 0.3) is 0 Å². The van der Waals surface area contributed by atoms with E-state index in [1.807, 2.05) is 35.7 Å². The van der Waals surface area contributed by atoms with Gasteiger partial charge in [0.05, 0.1) is 17.3 Å². The first-order valence-corrected chi connectivity index (χ1v) is 11.0. The van der Waals surface area contributed by atoms with Crippen molar-refractivity contribution in [2.75, 3.05) is 22.9 Å². The fraction of sp³-hybridized carbons (Fsp3) is 0.318. The highest BCUT2D eigenvalue weighted by Gasteiger charge is 2.27. The number of benzene rings is 1. The van der Waals surface area contributed by atoms with Gasteiger partial charge < -0.3 is 9.64 Å². The number of para-hydroxylation sites is 1. The number of aromatic nitrogens is 3. The molecule has 1 amide bonds. The van der Waals surface area contributed by atoms with Crippen molar-refractivity contribution in [1.29, 1.82) is 0 Å². The Morgan fingerprint density at radius 2 is 1.84 bits per heavy atom. The van der Waals surface area contributed by atoms with Crippen molar-refractivity contribution in [3.05, 3.63) is 59.9 Å². The number of amides is 1. The maximum absolute atomic E-state index is 12.5. The molecule has 1 aliphatic heterocycles. The van der Waals surface area contributed by atoms with Crippen LogP contribution in [0.15, 0.2) is 54.2 Å². The van der Waals surface area contributed by atoms with Gasteiger partial charge >= 0.3 is 5.97 Å². The molecule has 0 saturated carbocycles. The highest BCUT2D eigenvalue weighted by Crippen LogP contribution is 2.29. The van der Waals surface area contributed by atoms with Crippen LogP contribution in [0, 0.1) is 5.92 Å². The number of anilines is 3. The summed E-state index contributed by atoms with van der Waals surface area (Å²) < 4.78 is 5.52. The van der Waals surface area contributed by atoms with Gasteiger partial charge in [0.15, 0.2) is 5.13 Å². The van der Waals surface area contributed by atoms with E-state index in [-0.39, 0.29) is 24.4 Å². The molecule has 0 spiro atoms. The Morgan fingerprint density at radius 1 is 1.13 bits per heavy atom. The fourth-order valence-corrected chi connectivity index (χ4v) is 4.37. The van der Waals surface area contributed by atoms with Crippen molar-refractivity contribution in [3.63, 3.8) is 0 Å². The van der Waals surface area contributed by atoms with E-state index in [0.29, 0.717) is 29.6 Å². The van der Waals surface area contributed by atoms with E-state index in [1.54, 1.807) is 23.4 Å². The lowest BCUT2D eigenvalue weighted by molar-refractivity contribution is -0.150. The maximum Gasteiger partial charge on any atom is 0.309 e. The SMILES string of the molecule is CC(=O)N(c1ccccc1)c1nc(COC(=O)C2CCN(c3ncccn3)CC2)cs1. The third kappa shape index (κ3) is 5.05. The molecule has 1 aliphatic rings. The lowest BCUT2D eigenvalue weighted by Crippen LogP contribution is -2.37. The number of ether oxygens (including phenoxy) is 1. The number of piperidine rings is 1. The highest BCUT2D eigenvalue weighted by atomic mass is 32.1. The molecule has 9 heteroatoms. The van der Waals surface area contributed by atoms with Gasteiger partial charge in [0.2, 0.25) is 11.9 Å². The largest absolute Gasteiger partial charge is 0.459 e. The molecule has 3 heterocycles. The van der Waals surface area contributed by atoms with Gasteiger partial charge in [-0.25, -0.2) is 15.0 Å². The lowest BCUT2D eigenvalue weighted by Gasteiger charge is -2.30. The molecule has 0 aliphatic carbocycles. The number of carbonyl (C=O) groups excluding carboxylic acids is 2. The number of esters is 1. The summed E-state index contributed by atoms with van der Waals surface area (Å²) in [5.41, 5.74) is 1.38.